The minimum atomic E-state index is -1.02. The van der Waals surface area contributed by atoms with Gasteiger partial charge >= 0.3 is 0 Å². The summed E-state index contributed by atoms with van der Waals surface area (Å²) in [7, 11) is 1.31. The molecule has 5 heteroatoms. The summed E-state index contributed by atoms with van der Waals surface area (Å²) in [4.78, 5) is 0. The molecule has 0 radical (unpaired) electrons. The number of methoxy groups -OCH3 is 1. The van der Waals surface area contributed by atoms with Crippen LogP contribution in [0.3, 0.4) is 0 Å². The predicted molar refractivity (Wildman–Crippen MR) is 128 cm³/mol. The molecular weight excluding hydrogens is 410 g/mol. The highest BCUT2D eigenvalue weighted by molar-refractivity contribution is 5.26. The number of allylic oxidation sites excluding steroid dienone is 4. The highest BCUT2D eigenvalue weighted by atomic mass is 19.2. The Hall–Kier alpha value is -1.88. The number of aryl methyl sites for hydroxylation is 1. The summed E-state index contributed by atoms with van der Waals surface area (Å²) < 4.78 is 44.5. The van der Waals surface area contributed by atoms with E-state index >= 15 is 0 Å². The van der Waals surface area contributed by atoms with Crippen molar-refractivity contribution in [1.82, 2.24) is 0 Å². The van der Waals surface area contributed by atoms with E-state index in [0.717, 1.165) is 19.3 Å². The van der Waals surface area contributed by atoms with Crippen LogP contribution in [0.2, 0.25) is 0 Å². The standard InChI is InChI=1S/C25H36F2O3.C2H6/c1-5-7-8-9-19-10-12-20(13-11-19)21-14-15-22(29-16-21)17-30-23(6-2)25(27)24(26)18(3)28-4;1-2/h10-13,21-22H,5-9,14-17H2,1-4H3;1-2H3/b24-18-,25-23-;. The van der Waals surface area contributed by atoms with Crippen molar-refractivity contribution in [1.29, 1.82) is 0 Å². The van der Waals surface area contributed by atoms with Crippen LogP contribution >= 0.6 is 0 Å². The number of ether oxygens (including phenoxy) is 3. The lowest BCUT2D eigenvalue weighted by Gasteiger charge is -2.29. The van der Waals surface area contributed by atoms with Crippen molar-refractivity contribution in [3.8, 4) is 0 Å². The maximum absolute atomic E-state index is 14.3. The second-order valence-corrected chi connectivity index (χ2v) is 7.90. The Kier molecular flexibility index (Phi) is 13.9. The largest absolute Gasteiger partial charge is 0.498 e. The van der Waals surface area contributed by atoms with Crippen molar-refractivity contribution in [2.45, 2.75) is 91.6 Å². The van der Waals surface area contributed by atoms with Crippen molar-refractivity contribution in [3.05, 3.63) is 58.6 Å². The van der Waals surface area contributed by atoms with Gasteiger partial charge in [-0.25, -0.2) is 0 Å². The van der Waals surface area contributed by atoms with Crippen molar-refractivity contribution in [2.75, 3.05) is 20.3 Å². The Morgan fingerprint density at radius 3 is 2.25 bits per heavy atom. The Labute approximate surface area is 193 Å². The van der Waals surface area contributed by atoms with Crippen molar-refractivity contribution in [3.63, 3.8) is 0 Å². The maximum Gasteiger partial charge on any atom is 0.199 e. The molecule has 0 aromatic heterocycles. The van der Waals surface area contributed by atoms with Crippen molar-refractivity contribution >= 4 is 0 Å². The molecule has 1 aliphatic heterocycles. The molecular formula is C27H42F2O3. The molecule has 0 amide bonds. The number of hydrogen-bond donors (Lipinski definition) is 0. The first-order chi connectivity index (χ1) is 15.5. The third-order valence-corrected chi connectivity index (χ3v) is 5.71. The molecule has 32 heavy (non-hydrogen) atoms. The van der Waals surface area contributed by atoms with E-state index in [0.29, 0.717) is 12.5 Å². The van der Waals surface area contributed by atoms with Crippen LogP contribution in [0.4, 0.5) is 8.78 Å². The van der Waals surface area contributed by atoms with Crippen LogP contribution in [0.15, 0.2) is 47.4 Å². The van der Waals surface area contributed by atoms with Gasteiger partial charge in [-0.05, 0) is 43.7 Å². The Morgan fingerprint density at radius 2 is 1.72 bits per heavy atom. The molecule has 2 rings (SSSR count). The third kappa shape index (κ3) is 8.93. The molecule has 1 saturated heterocycles. The van der Waals surface area contributed by atoms with Crippen LogP contribution in [-0.4, -0.2) is 26.4 Å². The summed E-state index contributed by atoms with van der Waals surface area (Å²) >= 11 is 0. The molecule has 0 N–H and O–H groups in total. The Bertz CT molecular complexity index is 702. The van der Waals surface area contributed by atoms with Crippen LogP contribution in [-0.2, 0) is 20.6 Å². The zero-order valence-electron chi connectivity index (χ0n) is 20.8. The van der Waals surface area contributed by atoms with Gasteiger partial charge in [-0.3, -0.25) is 0 Å². The summed E-state index contributed by atoms with van der Waals surface area (Å²) in [6, 6.07) is 8.88. The van der Waals surface area contributed by atoms with Gasteiger partial charge in [0.15, 0.2) is 11.7 Å². The molecule has 0 aliphatic carbocycles. The van der Waals surface area contributed by atoms with Gasteiger partial charge in [-0.1, -0.05) is 64.8 Å². The number of halogens is 2. The van der Waals surface area contributed by atoms with Crippen LogP contribution in [0, 0.1) is 0 Å². The first kappa shape index (κ1) is 28.2. The maximum atomic E-state index is 14.3. The summed E-state index contributed by atoms with van der Waals surface area (Å²) in [5.41, 5.74) is 2.69. The first-order valence-electron chi connectivity index (χ1n) is 12.1. The topological polar surface area (TPSA) is 27.7 Å². The number of benzene rings is 1. The van der Waals surface area contributed by atoms with Crippen LogP contribution < -0.4 is 0 Å². The molecule has 0 saturated carbocycles. The highest BCUT2D eigenvalue weighted by Crippen LogP contribution is 2.30. The van der Waals surface area contributed by atoms with Gasteiger partial charge in [-0.2, -0.15) is 8.78 Å². The average molecular weight is 453 g/mol. The monoisotopic (exact) mass is 452 g/mol. The lowest BCUT2D eigenvalue weighted by molar-refractivity contribution is -0.0365. The van der Waals surface area contributed by atoms with Crippen LogP contribution in [0.1, 0.15) is 90.2 Å². The molecule has 2 atom stereocenters. The van der Waals surface area contributed by atoms with Crippen molar-refractivity contribution < 1.29 is 23.0 Å². The van der Waals surface area contributed by atoms with Gasteiger partial charge in [0.25, 0.3) is 0 Å². The quantitative estimate of drug-likeness (QED) is 0.192. The summed E-state index contributed by atoms with van der Waals surface area (Å²) in [5, 5.41) is 0. The number of hydrogen-bond acceptors (Lipinski definition) is 3. The fraction of sp³-hybridized carbons (Fsp3) is 0.630. The molecule has 0 bridgehead atoms. The highest BCUT2D eigenvalue weighted by Gasteiger charge is 2.24. The molecule has 1 fully saturated rings. The molecule has 1 aromatic carbocycles. The van der Waals surface area contributed by atoms with Crippen LogP contribution in [0.5, 0.6) is 0 Å². The molecule has 182 valence electrons. The number of unbranched alkanes of at least 4 members (excludes halogenated alkanes) is 2. The van der Waals surface area contributed by atoms with E-state index in [1.54, 1.807) is 6.92 Å². The van der Waals surface area contributed by atoms with Crippen molar-refractivity contribution in [2.24, 2.45) is 0 Å². The van der Waals surface area contributed by atoms with Gasteiger partial charge in [0.2, 0.25) is 0 Å². The van der Waals surface area contributed by atoms with Gasteiger partial charge < -0.3 is 14.2 Å². The smallest absolute Gasteiger partial charge is 0.199 e. The Morgan fingerprint density at radius 1 is 1.03 bits per heavy atom. The Balaban J connectivity index is 0.00000249. The van der Waals surface area contributed by atoms with Gasteiger partial charge in [-0.15, -0.1) is 0 Å². The minimum Gasteiger partial charge on any atom is -0.498 e. The second-order valence-electron chi connectivity index (χ2n) is 7.90. The van der Waals surface area contributed by atoms with Crippen LogP contribution in [0.25, 0.3) is 0 Å². The predicted octanol–water partition coefficient (Wildman–Crippen LogP) is 8.16. The van der Waals surface area contributed by atoms with E-state index in [2.05, 4.69) is 31.2 Å². The van der Waals surface area contributed by atoms with E-state index in [1.165, 1.54) is 44.4 Å². The SMILES string of the molecule is CC.CCCCCc1ccc(C2CCC(CO/C(CC)=C(F)/C(F)=C(\C)OC)OC2)cc1. The van der Waals surface area contributed by atoms with E-state index < -0.39 is 11.7 Å². The molecule has 1 heterocycles. The number of rotatable bonds is 11. The minimum absolute atomic E-state index is 0.00622. The van der Waals surface area contributed by atoms with E-state index in [4.69, 9.17) is 14.2 Å². The first-order valence-corrected chi connectivity index (χ1v) is 12.1. The average Bonchev–Trinajstić information content (AvgIpc) is 2.85. The second kappa shape index (κ2) is 15.8. The fourth-order valence-corrected chi connectivity index (χ4v) is 3.62. The summed E-state index contributed by atoms with van der Waals surface area (Å²) in [6.07, 6.45) is 6.86. The van der Waals surface area contributed by atoms with Gasteiger partial charge in [0.05, 0.1) is 19.8 Å². The van der Waals surface area contributed by atoms with Gasteiger partial charge in [0.1, 0.15) is 18.1 Å². The summed E-state index contributed by atoms with van der Waals surface area (Å²) in [6.45, 7) is 10.2. The molecule has 1 aromatic rings. The van der Waals surface area contributed by atoms with Gasteiger partial charge in [0, 0.05) is 12.3 Å². The lowest BCUT2D eigenvalue weighted by Crippen LogP contribution is -2.28. The third-order valence-electron chi connectivity index (χ3n) is 5.71. The lowest BCUT2D eigenvalue weighted by atomic mass is 9.90. The van der Waals surface area contributed by atoms with E-state index in [9.17, 15) is 8.78 Å². The molecule has 2 unspecified atom stereocenters. The zero-order valence-corrected chi connectivity index (χ0v) is 20.8. The zero-order chi connectivity index (χ0) is 23.9. The van der Waals surface area contributed by atoms with E-state index in [1.807, 2.05) is 13.8 Å². The molecule has 0 spiro atoms. The normalized spacial score (nSPS) is 19.9. The fourth-order valence-electron chi connectivity index (χ4n) is 3.62. The summed E-state index contributed by atoms with van der Waals surface area (Å²) in [5.74, 6) is -1.75. The molecule has 1 aliphatic rings. The van der Waals surface area contributed by atoms with E-state index in [-0.39, 0.29) is 30.6 Å². The molecule has 3 nitrogen and oxygen atoms in total.